The number of aldehydes is 1. The molecule has 4 rings (SSSR count). The third-order valence-electron chi connectivity index (χ3n) is 6.72. The second-order valence-electron chi connectivity index (χ2n) is 8.94. The fourth-order valence-electron chi connectivity index (χ4n) is 4.81. The van der Waals surface area contributed by atoms with Crippen molar-refractivity contribution in [1.29, 1.82) is 0 Å². The zero-order valence-corrected chi connectivity index (χ0v) is 19.3. The second-order valence-corrected chi connectivity index (χ2v) is 8.94. The molecule has 2 fully saturated rings. The molecule has 0 radical (unpaired) electrons. The van der Waals surface area contributed by atoms with E-state index < -0.39 is 11.5 Å². The Hall–Kier alpha value is -2.54. The minimum absolute atomic E-state index is 0.113. The van der Waals surface area contributed by atoms with E-state index in [9.17, 15) is 14.7 Å². The number of likely N-dealkylation sites (N-methyl/N-ethyl adjacent to an activating group) is 1. The van der Waals surface area contributed by atoms with E-state index in [1.807, 2.05) is 73.5 Å². The highest BCUT2D eigenvalue weighted by Crippen LogP contribution is 2.42. The highest BCUT2D eigenvalue weighted by atomic mass is 16.4. The van der Waals surface area contributed by atoms with Gasteiger partial charge in [0.15, 0.2) is 0 Å². The molecule has 0 bridgehead atoms. The van der Waals surface area contributed by atoms with Gasteiger partial charge in [0.1, 0.15) is 11.8 Å². The summed E-state index contributed by atoms with van der Waals surface area (Å²) in [6.45, 7) is 4.93. The van der Waals surface area contributed by atoms with Crippen molar-refractivity contribution in [3.8, 4) is 0 Å². The molecule has 0 saturated carbocycles. The fourth-order valence-corrected chi connectivity index (χ4v) is 4.81. The van der Waals surface area contributed by atoms with Crippen LogP contribution in [0.25, 0.3) is 0 Å². The zero-order valence-electron chi connectivity index (χ0n) is 19.3. The number of benzene rings is 2. The Bertz CT molecular complexity index is 898. The average molecular weight is 438 g/mol. The first kappa shape index (κ1) is 24.1. The molecule has 3 atom stereocenters. The van der Waals surface area contributed by atoms with Crippen LogP contribution in [-0.4, -0.2) is 66.9 Å². The lowest BCUT2D eigenvalue weighted by atomic mass is 9.86. The van der Waals surface area contributed by atoms with Crippen molar-refractivity contribution in [3.05, 3.63) is 71.3 Å². The monoisotopic (exact) mass is 437 g/mol. The summed E-state index contributed by atoms with van der Waals surface area (Å²) in [7, 11) is 4.04. The van der Waals surface area contributed by atoms with Crippen LogP contribution in [0.1, 0.15) is 42.0 Å². The smallest absolute Gasteiger partial charge is 0.328 e. The quantitative estimate of drug-likeness (QED) is 0.676. The molecule has 6 nitrogen and oxygen atoms in total. The van der Waals surface area contributed by atoms with Crippen LogP contribution in [0.3, 0.4) is 0 Å². The van der Waals surface area contributed by atoms with E-state index in [1.165, 1.54) is 25.9 Å². The van der Waals surface area contributed by atoms with E-state index in [4.69, 9.17) is 0 Å². The molecule has 2 aromatic carbocycles. The van der Waals surface area contributed by atoms with E-state index in [0.29, 0.717) is 6.42 Å². The van der Waals surface area contributed by atoms with Crippen LogP contribution >= 0.6 is 0 Å². The minimum Gasteiger partial charge on any atom is -0.480 e. The molecule has 3 unspecified atom stereocenters. The summed E-state index contributed by atoms with van der Waals surface area (Å²) in [4.78, 5) is 27.7. The number of carbonyl (C=O) groups excluding carboxylic acids is 1. The van der Waals surface area contributed by atoms with Crippen LogP contribution in [-0.2, 0) is 15.1 Å². The normalized spacial score (nSPS) is 25.4. The van der Waals surface area contributed by atoms with Gasteiger partial charge in [-0.25, -0.2) is 4.79 Å². The number of hydrogen-bond donors (Lipinski definition) is 2. The first-order valence-corrected chi connectivity index (χ1v) is 11.3. The molecule has 2 N–H and O–H groups in total. The Morgan fingerprint density at radius 3 is 2.31 bits per heavy atom. The number of hydrogen-bond acceptors (Lipinski definition) is 5. The third-order valence-corrected chi connectivity index (χ3v) is 6.72. The van der Waals surface area contributed by atoms with Gasteiger partial charge >= 0.3 is 5.97 Å². The Morgan fingerprint density at radius 1 is 1.16 bits per heavy atom. The summed E-state index contributed by atoms with van der Waals surface area (Å²) in [5.74, 6) is -0.899. The lowest BCUT2D eigenvalue weighted by molar-refractivity contribution is -0.145. The molecule has 2 saturated heterocycles. The molecular formula is C26H35N3O3. The second kappa shape index (κ2) is 10.9. The van der Waals surface area contributed by atoms with Crippen LogP contribution in [0.5, 0.6) is 0 Å². The Balaban J connectivity index is 0.000000416. The zero-order chi connectivity index (χ0) is 23.1. The van der Waals surface area contributed by atoms with E-state index >= 15 is 0 Å². The molecule has 2 aliphatic heterocycles. The van der Waals surface area contributed by atoms with Gasteiger partial charge in [0.05, 0.1) is 6.54 Å². The average Bonchev–Trinajstić information content (AvgIpc) is 3.43. The van der Waals surface area contributed by atoms with Gasteiger partial charge in [-0.05, 0) is 70.1 Å². The lowest BCUT2D eigenvalue weighted by Crippen LogP contribution is -2.45. The maximum Gasteiger partial charge on any atom is 0.328 e. The van der Waals surface area contributed by atoms with Crippen molar-refractivity contribution in [3.63, 3.8) is 0 Å². The van der Waals surface area contributed by atoms with Gasteiger partial charge in [0.25, 0.3) is 0 Å². The summed E-state index contributed by atoms with van der Waals surface area (Å²) in [5, 5.41) is 13.5. The first-order chi connectivity index (χ1) is 15.4. The third kappa shape index (κ3) is 5.26. The SMILES string of the molecule is CN1CCCC1.Cc1ccccc1C1NC(C(=O)O)(c2ccccc2)CC1N(C)CC=O. The predicted molar refractivity (Wildman–Crippen MR) is 127 cm³/mol. The van der Waals surface area contributed by atoms with Gasteiger partial charge in [0, 0.05) is 12.1 Å². The number of carboxylic acids is 1. The number of aryl methyl sites for hydroxylation is 1. The van der Waals surface area contributed by atoms with Crippen LogP contribution in [0, 0.1) is 6.92 Å². The topological polar surface area (TPSA) is 72.9 Å². The van der Waals surface area contributed by atoms with Gasteiger partial charge < -0.3 is 14.8 Å². The minimum atomic E-state index is -1.18. The molecule has 0 spiro atoms. The van der Waals surface area contributed by atoms with E-state index in [-0.39, 0.29) is 18.6 Å². The highest BCUT2D eigenvalue weighted by molar-refractivity contribution is 5.81. The maximum atomic E-state index is 12.4. The summed E-state index contributed by atoms with van der Waals surface area (Å²) in [6.07, 6.45) is 4.07. The molecule has 0 aromatic heterocycles. The number of carboxylic acid groups (broad SMARTS) is 1. The number of rotatable bonds is 6. The summed E-state index contributed by atoms with van der Waals surface area (Å²) in [5.41, 5.74) is 1.71. The van der Waals surface area contributed by atoms with Crippen LogP contribution in [0.2, 0.25) is 0 Å². The largest absolute Gasteiger partial charge is 0.480 e. The van der Waals surface area contributed by atoms with E-state index in [1.54, 1.807) is 0 Å². The van der Waals surface area contributed by atoms with Crippen molar-refractivity contribution in [2.45, 2.75) is 43.8 Å². The van der Waals surface area contributed by atoms with Crippen LogP contribution in [0.15, 0.2) is 54.6 Å². The number of carbonyl (C=O) groups is 2. The Morgan fingerprint density at radius 2 is 1.78 bits per heavy atom. The van der Waals surface area contributed by atoms with E-state index in [0.717, 1.165) is 23.0 Å². The molecule has 2 aliphatic rings. The predicted octanol–water partition coefficient (Wildman–Crippen LogP) is 3.22. The summed E-state index contributed by atoms with van der Waals surface area (Å²) in [6, 6.07) is 17.0. The number of nitrogens with zero attached hydrogens (tertiary/aromatic N) is 2. The van der Waals surface area contributed by atoms with Gasteiger partial charge in [-0.15, -0.1) is 0 Å². The first-order valence-electron chi connectivity index (χ1n) is 11.3. The van der Waals surface area contributed by atoms with Gasteiger partial charge in [-0.3, -0.25) is 10.2 Å². The number of likely N-dealkylation sites (tertiary alicyclic amines) is 1. The maximum absolute atomic E-state index is 12.4. The Kier molecular flexibility index (Phi) is 8.18. The van der Waals surface area contributed by atoms with Gasteiger partial charge in [0.2, 0.25) is 0 Å². The highest BCUT2D eigenvalue weighted by Gasteiger charge is 2.52. The number of nitrogens with one attached hydrogen (secondary N) is 1. The molecule has 6 heteroatoms. The Labute approximate surface area is 191 Å². The fraction of sp³-hybridized carbons (Fsp3) is 0.462. The molecule has 32 heavy (non-hydrogen) atoms. The van der Waals surface area contributed by atoms with Crippen molar-refractivity contribution in [2.24, 2.45) is 0 Å². The van der Waals surface area contributed by atoms with Crippen molar-refractivity contribution < 1.29 is 14.7 Å². The summed E-state index contributed by atoms with van der Waals surface area (Å²) < 4.78 is 0. The van der Waals surface area contributed by atoms with Crippen LogP contribution in [0.4, 0.5) is 0 Å². The standard InChI is InChI=1S/C21H24N2O3.C5H11N/c1-15-8-6-7-11-17(15)19-18(23(2)12-13-24)14-21(22-19,20(25)26)16-9-4-3-5-10-16;1-6-4-2-3-5-6/h3-11,13,18-19,22H,12,14H2,1-2H3,(H,25,26);2-5H2,1H3. The molecular weight excluding hydrogens is 402 g/mol. The number of aliphatic carboxylic acids is 1. The molecule has 172 valence electrons. The molecule has 2 aromatic rings. The van der Waals surface area contributed by atoms with Crippen molar-refractivity contribution in [2.75, 3.05) is 33.7 Å². The van der Waals surface area contributed by atoms with Gasteiger partial charge in [-0.2, -0.15) is 0 Å². The molecule has 2 heterocycles. The van der Waals surface area contributed by atoms with Gasteiger partial charge in [-0.1, -0.05) is 54.6 Å². The molecule has 0 amide bonds. The summed E-state index contributed by atoms with van der Waals surface area (Å²) >= 11 is 0. The van der Waals surface area contributed by atoms with E-state index in [2.05, 4.69) is 17.3 Å². The lowest BCUT2D eigenvalue weighted by Gasteiger charge is -2.28. The van der Waals surface area contributed by atoms with Crippen molar-refractivity contribution >= 4 is 12.3 Å². The molecule has 0 aliphatic carbocycles. The van der Waals surface area contributed by atoms with Crippen molar-refractivity contribution in [1.82, 2.24) is 15.1 Å². The van der Waals surface area contributed by atoms with Crippen LogP contribution < -0.4 is 5.32 Å².